The van der Waals surface area contributed by atoms with Crippen LogP contribution >= 0.6 is 11.8 Å². The number of hydrogen-bond donors (Lipinski definition) is 1. The van der Waals surface area contributed by atoms with Crippen molar-refractivity contribution >= 4 is 17.4 Å². The van der Waals surface area contributed by atoms with Crippen molar-refractivity contribution < 1.29 is 9.13 Å². The van der Waals surface area contributed by atoms with Gasteiger partial charge in [-0.05, 0) is 24.3 Å². The van der Waals surface area contributed by atoms with Gasteiger partial charge in [-0.2, -0.15) is 0 Å². The van der Waals surface area contributed by atoms with Crippen LogP contribution in [0.5, 0.6) is 5.75 Å². The summed E-state index contributed by atoms with van der Waals surface area (Å²) < 4.78 is 18.8. The van der Waals surface area contributed by atoms with Gasteiger partial charge in [-0.25, -0.2) is 4.39 Å². The van der Waals surface area contributed by atoms with Crippen LogP contribution in [0.25, 0.3) is 0 Å². The molecule has 2 aromatic carbocycles. The molecule has 94 valence electrons. The molecule has 0 aliphatic rings. The van der Waals surface area contributed by atoms with Gasteiger partial charge >= 0.3 is 0 Å². The molecule has 2 aromatic rings. The second-order valence-corrected chi connectivity index (χ2v) is 4.84. The maximum absolute atomic E-state index is 13.3. The SMILES string of the molecule is Nc1cccc(OCCSc2ccccc2F)c1. The zero-order chi connectivity index (χ0) is 12.8. The lowest BCUT2D eigenvalue weighted by Crippen LogP contribution is -2.00. The standard InChI is InChI=1S/C14H14FNOS/c15-13-6-1-2-7-14(13)18-9-8-17-12-5-3-4-11(16)10-12/h1-7,10H,8-9,16H2. The largest absolute Gasteiger partial charge is 0.493 e. The van der Waals surface area contributed by atoms with Crippen LogP contribution in [0.4, 0.5) is 10.1 Å². The third kappa shape index (κ3) is 3.67. The fourth-order valence-electron chi connectivity index (χ4n) is 1.48. The van der Waals surface area contributed by atoms with Gasteiger partial charge in [0, 0.05) is 22.4 Å². The molecule has 0 saturated carbocycles. The minimum absolute atomic E-state index is 0.188. The van der Waals surface area contributed by atoms with Gasteiger partial charge in [0.1, 0.15) is 11.6 Å². The van der Waals surface area contributed by atoms with E-state index in [0.717, 1.165) is 5.75 Å². The summed E-state index contributed by atoms with van der Waals surface area (Å²) >= 11 is 1.44. The van der Waals surface area contributed by atoms with E-state index >= 15 is 0 Å². The van der Waals surface area contributed by atoms with E-state index in [1.165, 1.54) is 17.8 Å². The van der Waals surface area contributed by atoms with Crippen LogP contribution in [-0.4, -0.2) is 12.4 Å². The highest BCUT2D eigenvalue weighted by atomic mass is 32.2. The van der Waals surface area contributed by atoms with E-state index in [4.69, 9.17) is 10.5 Å². The minimum atomic E-state index is -0.188. The molecule has 2 nitrogen and oxygen atoms in total. The molecule has 0 atom stereocenters. The first-order valence-electron chi connectivity index (χ1n) is 5.61. The molecule has 0 aliphatic heterocycles. The van der Waals surface area contributed by atoms with Gasteiger partial charge < -0.3 is 10.5 Å². The summed E-state index contributed by atoms with van der Waals surface area (Å²) in [5, 5.41) is 0. The van der Waals surface area contributed by atoms with E-state index in [2.05, 4.69) is 0 Å². The van der Waals surface area contributed by atoms with Crippen LogP contribution in [0.3, 0.4) is 0 Å². The Balaban J connectivity index is 1.78. The second kappa shape index (κ2) is 6.31. The average molecular weight is 263 g/mol. The van der Waals surface area contributed by atoms with Crippen LogP contribution in [-0.2, 0) is 0 Å². The minimum Gasteiger partial charge on any atom is -0.493 e. The van der Waals surface area contributed by atoms with E-state index in [1.54, 1.807) is 24.3 Å². The molecular formula is C14H14FNOS. The van der Waals surface area contributed by atoms with Crippen LogP contribution in [0.15, 0.2) is 53.4 Å². The van der Waals surface area contributed by atoms with E-state index < -0.39 is 0 Å². The smallest absolute Gasteiger partial charge is 0.136 e. The summed E-state index contributed by atoms with van der Waals surface area (Å²) in [5.41, 5.74) is 6.31. The van der Waals surface area contributed by atoms with Crippen molar-refractivity contribution in [2.75, 3.05) is 18.1 Å². The number of hydrogen-bond acceptors (Lipinski definition) is 3. The van der Waals surface area contributed by atoms with E-state index in [-0.39, 0.29) is 5.82 Å². The first-order valence-corrected chi connectivity index (χ1v) is 6.60. The Hall–Kier alpha value is -1.68. The molecule has 2 rings (SSSR count). The van der Waals surface area contributed by atoms with Gasteiger partial charge in [-0.15, -0.1) is 11.8 Å². The van der Waals surface area contributed by atoms with Gasteiger partial charge in [0.25, 0.3) is 0 Å². The molecule has 0 bridgehead atoms. The number of anilines is 1. The van der Waals surface area contributed by atoms with Crippen LogP contribution in [0, 0.1) is 5.82 Å². The molecule has 0 unspecified atom stereocenters. The maximum Gasteiger partial charge on any atom is 0.136 e. The predicted molar refractivity (Wildman–Crippen MR) is 73.5 cm³/mol. The van der Waals surface area contributed by atoms with Crippen LogP contribution < -0.4 is 10.5 Å². The molecule has 0 radical (unpaired) electrons. The summed E-state index contributed by atoms with van der Waals surface area (Å²) in [5.74, 6) is 1.24. The fraction of sp³-hybridized carbons (Fsp3) is 0.143. The lowest BCUT2D eigenvalue weighted by atomic mass is 10.3. The number of rotatable bonds is 5. The Labute approximate surface area is 110 Å². The predicted octanol–water partition coefficient (Wildman–Crippen LogP) is 3.58. The number of benzene rings is 2. The highest BCUT2D eigenvalue weighted by Gasteiger charge is 2.01. The molecule has 0 heterocycles. The summed E-state index contributed by atoms with van der Waals surface area (Å²) in [6.45, 7) is 0.516. The monoisotopic (exact) mass is 263 g/mol. The van der Waals surface area contributed by atoms with Crippen molar-refractivity contribution in [3.05, 3.63) is 54.3 Å². The van der Waals surface area contributed by atoms with Crippen molar-refractivity contribution in [3.63, 3.8) is 0 Å². The summed E-state index contributed by atoms with van der Waals surface area (Å²) in [6.07, 6.45) is 0. The Morgan fingerprint density at radius 3 is 2.72 bits per heavy atom. The zero-order valence-corrected chi connectivity index (χ0v) is 10.6. The highest BCUT2D eigenvalue weighted by molar-refractivity contribution is 7.99. The Morgan fingerprint density at radius 1 is 1.11 bits per heavy atom. The van der Waals surface area contributed by atoms with Crippen molar-refractivity contribution in [2.24, 2.45) is 0 Å². The lowest BCUT2D eigenvalue weighted by Gasteiger charge is -2.07. The molecular weight excluding hydrogens is 249 g/mol. The number of nitrogens with two attached hydrogens (primary N) is 1. The average Bonchev–Trinajstić information content (AvgIpc) is 2.37. The Bertz CT molecular complexity index is 519. The maximum atomic E-state index is 13.3. The molecule has 4 heteroatoms. The molecule has 2 N–H and O–H groups in total. The van der Waals surface area contributed by atoms with Gasteiger partial charge in [0.05, 0.1) is 6.61 Å². The van der Waals surface area contributed by atoms with Gasteiger partial charge in [0.2, 0.25) is 0 Å². The van der Waals surface area contributed by atoms with E-state index in [9.17, 15) is 4.39 Å². The molecule has 0 spiro atoms. The Kier molecular flexibility index (Phi) is 4.47. The second-order valence-electron chi connectivity index (χ2n) is 3.70. The van der Waals surface area contributed by atoms with Gasteiger partial charge in [0.15, 0.2) is 0 Å². The lowest BCUT2D eigenvalue weighted by molar-refractivity contribution is 0.344. The van der Waals surface area contributed by atoms with Gasteiger partial charge in [-0.3, -0.25) is 0 Å². The summed E-state index contributed by atoms with van der Waals surface area (Å²) in [7, 11) is 0. The third-order valence-electron chi connectivity index (χ3n) is 2.30. The quantitative estimate of drug-likeness (QED) is 0.509. The highest BCUT2D eigenvalue weighted by Crippen LogP contribution is 2.21. The normalized spacial score (nSPS) is 10.3. The summed E-state index contributed by atoms with van der Waals surface area (Å²) in [4.78, 5) is 0.647. The van der Waals surface area contributed by atoms with E-state index in [1.807, 2.05) is 18.2 Å². The van der Waals surface area contributed by atoms with Crippen LogP contribution in [0.2, 0.25) is 0 Å². The van der Waals surface area contributed by atoms with E-state index in [0.29, 0.717) is 22.9 Å². The third-order valence-corrected chi connectivity index (χ3v) is 3.32. The molecule has 0 aliphatic carbocycles. The van der Waals surface area contributed by atoms with Crippen molar-refractivity contribution in [2.45, 2.75) is 4.90 Å². The topological polar surface area (TPSA) is 35.2 Å². The van der Waals surface area contributed by atoms with Crippen molar-refractivity contribution in [1.29, 1.82) is 0 Å². The molecule has 0 amide bonds. The Morgan fingerprint density at radius 2 is 1.94 bits per heavy atom. The summed E-state index contributed by atoms with van der Waals surface area (Å²) in [6, 6.07) is 14.0. The fourth-order valence-corrected chi connectivity index (χ4v) is 2.24. The molecule has 0 aromatic heterocycles. The zero-order valence-electron chi connectivity index (χ0n) is 9.80. The van der Waals surface area contributed by atoms with Crippen molar-refractivity contribution in [3.8, 4) is 5.75 Å². The number of thioether (sulfide) groups is 1. The first-order chi connectivity index (χ1) is 8.75. The number of ether oxygens (including phenoxy) is 1. The molecule has 18 heavy (non-hydrogen) atoms. The molecule has 0 saturated heterocycles. The first kappa shape index (κ1) is 12.8. The van der Waals surface area contributed by atoms with Gasteiger partial charge in [-0.1, -0.05) is 18.2 Å². The number of nitrogen functional groups attached to an aromatic ring is 1. The van der Waals surface area contributed by atoms with Crippen LogP contribution in [0.1, 0.15) is 0 Å². The van der Waals surface area contributed by atoms with Crippen molar-refractivity contribution in [1.82, 2.24) is 0 Å². The number of halogens is 1. The molecule has 0 fully saturated rings.